The summed E-state index contributed by atoms with van der Waals surface area (Å²) >= 11 is 0. The van der Waals surface area contributed by atoms with E-state index < -0.39 is 0 Å². The summed E-state index contributed by atoms with van der Waals surface area (Å²) in [5.74, 6) is 0.414. The number of likely N-dealkylation sites (tertiary alicyclic amines) is 1. The lowest BCUT2D eigenvalue weighted by molar-refractivity contribution is 0.0650. The summed E-state index contributed by atoms with van der Waals surface area (Å²) in [6.07, 6.45) is 3.52. The zero-order valence-corrected chi connectivity index (χ0v) is 13.4. The molecule has 0 unspecified atom stereocenters. The highest BCUT2D eigenvalue weighted by molar-refractivity contribution is 5.97. The number of aromatic nitrogens is 1. The number of benzene rings is 1. The van der Waals surface area contributed by atoms with Crippen LogP contribution in [0.1, 0.15) is 28.8 Å². The van der Waals surface area contributed by atoms with E-state index in [9.17, 15) is 9.90 Å². The van der Waals surface area contributed by atoms with Crippen molar-refractivity contribution in [1.29, 1.82) is 0 Å². The van der Waals surface area contributed by atoms with Gasteiger partial charge >= 0.3 is 0 Å². The largest absolute Gasteiger partial charge is 0.396 e. The first-order valence-corrected chi connectivity index (χ1v) is 8.12. The van der Waals surface area contributed by atoms with Crippen LogP contribution in [-0.4, -0.2) is 40.6 Å². The highest BCUT2D eigenvalue weighted by Gasteiger charge is 2.24. The van der Waals surface area contributed by atoms with Crippen molar-refractivity contribution in [1.82, 2.24) is 9.88 Å². The van der Waals surface area contributed by atoms with Crippen LogP contribution in [0.25, 0.3) is 11.3 Å². The predicted molar refractivity (Wildman–Crippen MR) is 90.1 cm³/mol. The van der Waals surface area contributed by atoms with Crippen molar-refractivity contribution >= 4 is 5.91 Å². The number of hydrogen-bond acceptors (Lipinski definition) is 3. The van der Waals surface area contributed by atoms with Crippen LogP contribution in [0, 0.1) is 12.8 Å². The number of piperidine rings is 1. The van der Waals surface area contributed by atoms with Crippen molar-refractivity contribution in [2.24, 2.45) is 5.92 Å². The van der Waals surface area contributed by atoms with Gasteiger partial charge < -0.3 is 10.0 Å². The summed E-state index contributed by atoms with van der Waals surface area (Å²) < 4.78 is 0. The molecule has 4 nitrogen and oxygen atoms in total. The summed E-state index contributed by atoms with van der Waals surface area (Å²) in [5.41, 5.74) is 3.61. The number of carbonyl (C=O) groups is 1. The van der Waals surface area contributed by atoms with Gasteiger partial charge in [-0.1, -0.05) is 18.2 Å². The van der Waals surface area contributed by atoms with E-state index in [-0.39, 0.29) is 12.5 Å². The van der Waals surface area contributed by atoms with Crippen LogP contribution >= 0.6 is 0 Å². The zero-order valence-electron chi connectivity index (χ0n) is 13.4. The zero-order chi connectivity index (χ0) is 16.2. The van der Waals surface area contributed by atoms with Crippen LogP contribution in [0.4, 0.5) is 0 Å². The van der Waals surface area contributed by atoms with Crippen molar-refractivity contribution in [3.05, 3.63) is 53.7 Å². The van der Waals surface area contributed by atoms with Gasteiger partial charge in [0, 0.05) is 37.0 Å². The maximum Gasteiger partial charge on any atom is 0.254 e. The van der Waals surface area contributed by atoms with Gasteiger partial charge in [-0.15, -0.1) is 0 Å². The summed E-state index contributed by atoms with van der Waals surface area (Å²) in [6.45, 7) is 3.64. The van der Waals surface area contributed by atoms with Gasteiger partial charge in [0.15, 0.2) is 0 Å². The monoisotopic (exact) mass is 310 g/mol. The smallest absolute Gasteiger partial charge is 0.254 e. The number of pyridine rings is 1. The Bertz CT molecular complexity index is 677. The SMILES string of the molecule is Cc1c(C(=O)N2CCC(CO)CC2)cccc1-c1ccccn1. The van der Waals surface area contributed by atoms with Gasteiger partial charge in [-0.3, -0.25) is 9.78 Å². The van der Waals surface area contributed by atoms with E-state index in [4.69, 9.17) is 0 Å². The molecule has 23 heavy (non-hydrogen) atoms. The molecule has 120 valence electrons. The normalized spacial score (nSPS) is 15.7. The topological polar surface area (TPSA) is 53.4 Å². The molecular weight excluding hydrogens is 288 g/mol. The molecule has 1 saturated heterocycles. The third-order valence-corrected chi connectivity index (χ3v) is 4.66. The molecule has 1 aliphatic heterocycles. The fourth-order valence-electron chi connectivity index (χ4n) is 3.16. The van der Waals surface area contributed by atoms with E-state index in [0.717, 1.165) is 48.3 Å². The van der Waals surface area contributed by atoms with Crippen molar-refractivity contribution < 1.29 is 9.90 Å². The standard InChI is InChI=1S/C19H22N2O2/c1-14-16(18-7-2-3-10-20-18)5-4-6-17(14)19(23)21-11-8-15(13-22)9-12-21/h2-7,10,15,22H,8-9,11-13H2,1H3. The van der Waals surface area contributed by atoms with Crippen molar-refractivity contribution in [2.45, 2.75) is 19.8 Å². The van der Waals surface area contributed by atoms with Gasteiger partial charge in [-0.2, -0.15) is 0 Å². The third-order valence-electron chi connectivity index (χ3n) is 4.66. The molecule has 2 aromatic rings. The second-order valence-electron chi connectivity index (χ2n) is 6.11. The first-order valence-electron chi connectivity index (χ1n) is 8.12. The van der Waals surface area contributed by atoms with Crippen LogP contribution in [-0.2, 0) is 0 Å². The van der Waals surface area contributed by atoms with Crippen LogP contribution in [0.15, 0.2) is 42.6 Å². The lowest BCUT2D eigenvalue weighted by Gasteiger charge is -2.31. The molecule has 3 rings (SSSR count). The van der Waals surface area contributed by atoms with Crippen molar-refractivity contribution in [3.8, 4) is 11.3 Å². The Kier molecular flexibility index (Phi) is 4.72. The molecule has 0 radical (unpaired) electrons. The Morgan fingerprint density at radius 1 is 1.22 bits per heavy atom. The summed E-state index contributed by atoms with van der Waals surface area (Å²) in [6, 6.07) is 11.6. The summed E-state index contributed by atoms with van der Waals surface area (Å²) in [7, 11) is 0. The van der Waals surface area contributed by atoms with E-state index in [1.807, 2.05) is 48.2 Å². The van der Waals surface area contributed by atoms with E-state index in [1.54, 1.807) is 6.20 Å². The minimum absolute atomic E-state index is 0.0803. The fraction of sp³-hybridized carbons (Fsp3) is 0.368. The van der Waals surface area contributed by atoms with Crippen LogP contribution in [0.2, 0.25) is 0 Å². The average molecular weight is 310 g/mol. The molecule has 2 heterocycles. The number of aliphatic hydroxyl groups excluding tert-OH is 1. The maximum absolute atomic E-state index is 12.8. The lowest BCUT2D eigenvalue weighted by atomic mass is 9.95. The first kappa shape index (κ1) is 15.7. The van der Waals surface area contributed by atoms with E-state index in [0.29, 0.717) is 5.92 Å². The van der Waals surface area contributed by atoms with Crippen LogP contribution in [0.3, 0.4) is 0 Å². The Labute approximate surface area is 136 Å². The van der Waals surface area contributed by atoms with Gasteiger partial charge in [-0.25, -0.2) is 0 Å². The predicted octanol–water partition coefficient (Wildman–Crippen LogP) is 2.90. The Hall–Kier alpha value is -2.20. The molecule has 0 saturated carbocycles. The third kappa shape index (κ3) is 3.27. The molecule has 0 aliphatic carbocycles. The van der Waals surface area contributed by atoms with Gasteiger partial charge in [0.05, 0.1) is 5.69 Å². The molecular formula is C19H22N2O2. The highest BCUT2D eigenvalue weighted by Crippen LogP contribution is 2.26. The Morgan fingerprint density at radius 3 is 2.65 bits per heavy atom. The van der Waals surface area contributed by atoms with Gasteiger partial charge in [0.1, 0.15) is 0 Å². The van der Waals surface area contributed by atoms with Gasteiger partial charge in [-0.05, 0) is 49.4 Å². The van der Waals surface area contributed by atoms with Crippen molar-refractivity contribution in [2.75, 3.05) is 19.7 Å². The van der Waals surface area contributed by atoms with Gasteiger partial charge in [0.25, 0.3) is 5.91 Å². The quantitative estimate of drug-likeness (QED) is 0.948. The number of hydrogen-bond donors (Lipinski definition) is 1. The molecule has 1 aromatic carbocycles. The molecule has 0 atom stereocenters. The summed E-state index contributed by atoms with van der Waals surface area (Å²) in [4.78, 5) is 19.1. The second-order valence-corrected chi connectivity index (χ2v) is 6.11. The number of aliphatic hydroxyl groups is 1. The van der Waals surface area contributed by atoms with Crippen LogP contribution in [0.5, 0.6) is 0 Å². The number of amides is 1. The maximum atomic E-state index is 12.8. The highest BCUT2D eigenvalue weighted by atomic mass is 16.3. The molecule has 0 spiro atoms. The number of nitrogens with zero attached hydrogens (tertiary/aromatic N) is 2. The number of rotatable bonds is 3. The first-order chi connectivity index (χ1) is 11.2. The summed E-state index contributed by atoms with van der Waals surface area (Å²) in [5, 5.41) is 9.23. The average Bonchev–Trinajstić information content (AvgIpc) is 2.62. The molecule has 1 N–H and O–H groups in total. The molecule has 1 aromatic heterocycles. The fourth-order valence-corrected chi connectivity index (χ4v) is 3.16. The molecule has 4 heteroatoms. The molecule has 1 amide bonds. The van der Waals surface area contributed by atoms with E-state index in [1.165, 1.54) is 0 Å². The Morgan fingerprint density at radius 2 is 2.00 bits per heavy atom. The van der Waals surface area contributed by atoms with E-state index in [2.05, 4.69) is 4.98 Å². The van der Waals surface area contributed by atoms with E-state index >= 15 is 0 Å². The van der Waals surface area contributed by atoms with Gasteiger partial charge in [0.2, 0.25) is 0 Å². The minimum Gasteiger partial charge on any atom is -0.396 e. The lowest BCUT2D eigenvalue weighted by Crippen LogP contribution is -2.39. The molecule has 1 aliphatic rings. The van der Waals surface area contributed by atoms with Crippen LogP contribution < -0.4 is 0 Å². The van der Waals surface area contributed by atoms with Crippen molar-refractivity contribution in [3.63, 3.8) is 0 Å². The molecule has 1 fully saturated rings. The Balaban J connectivity index is 1.85. The number of carbonyl (C=O) groups excluding carboxylic acids is 1. The minimum atomic E-state index is 0.0803. The second kappa shape index (κ2) is 6.92. The molecule has 0 bridgehead atoms.